The van der Waals surface area contributed by atoms with Crippen LogP contribution in [-0.2, 0) is 4.79 Å². The number of amides is 1. The highest BCUT2D eigenvalue weighted by Gasteiger charge is 2.47. The summed E-state index contributed by atoms with van der Waals surface area (Å²) in [4.78, 5) is 12.3. The van der Waals surface area contributed by atoms with Gasteiger partial charge >= 0.3 is 0 Å². The van der Waals surface area contributed by atoms with Gasteiger partial charge in [0.1, 0.15) is 5.75 Å². The third-order valence-corrected chi connectivity index (χ3v) is 5.03. The second kappa shape index (κ2) is 6.06. The molecule has 2 bridgehead atoms. The number of carbonyl (C=O) groups excluding carboxylic acids is 1. The Bertz CT molecular complexity index is 490. The Morgan fingerprint density at radius 2 is 2.05 bits per heavy atom. The van der Waals surface area contributed by atoms with E-state index in [0.717, 1.165) is 6.42 Å². The van der Waals surface area contributed by atoms with E-state index in [0.29, 0.717) is 17.6 Å². The minimum Gasteiger partial charge on any atom is -0.481 e. The van der Waals surface area contributed by atoms with Gasteiger partial charge in [0.15, 0.2) is 6.10 Å². The van der Waals surface area contributed by atoms with Crippen LogP contribution in [0.1, 0.15) is 26.2 Å². The first kappa shape index (κ1) is 14.4. The number of para-hydroxylation sites is 1. The van der Waals surface area contributed by atoms with Crippen molar-refractivity contribution in [3.8, 4) is 5.75 Å². The monoisotopic (exact) mass is 289 g/mol. The highest BCUT2D eigenvalue weighted by atomic mass is 16.5. The molecule has 2 saturated carbocycles. The molecule has 2 N–H and O–H groups in total. The van der Waals surface area contributed by atoms with E-state index in [4.69, 9.17) is 4.74 Å². The molecule has 3 rings (SSSR count). The van der Waals surface area contributed by atoms with E-state index in [-0.39, 0.29) is 24.5 Å². The van der Waals surface area contributed by atoms with Gasteiger partial charge < -0.3 is 15.2 Å². The van der Waals surface area contributed by atoms with Crippen LogP contribution in [0, 0.1) is 17.8 Å². The topological polar surface area (TPSA) is 58.6 Å². The molecule has 4 nitrogen and oxygen atoms in total. The van der Waals surface area contributed by atoms with Crippen molar-refractivity contribution in [3.63, 3.8) is 0 Å². The van der Waals surface area contributed by atoms with Crippen molar-refractivity contribution in [3.05, 3.63) is 30.3 Å². The third kappa shape index (κ3) is 2.91. The van der Waals surface area contributed by atoms with E-state index in [1.807, 2.05) is 30.3 Å². The lowest BCUT2D eigenvalue weighted by molar-refractivity contribution is -0.128. The van der Waals surface area contributed by atoms with Crippen molar-refractivity contribution >= 4 is 5.91 Å². The van der Waals surface area contributed by atoms with Crippen molar-refractivity contribution in [2.24, 2.45) is 17.8 Å². The van der Waals surface area contributed by atoms with E-state index < -0.39 is 6.10 Å². The highest BCUT2D eigenvalue weighted by Crippen LogP contribution is 2.48. The van der Waals surface area contributed by atoms with Crippen LogP contribution in [0.2, 0.25) is 0 Å². The molecule has 1 amide bonds. The van der Waals surface area contributed by atoms with Gasteiger partial charge in [0, 0.05) is 18.6 Å². The number of nitrogens with one attached hydrogen (secondary N) is 1. The lowest BCUT2D eigenvalue weighted by Crippen LogP contribution is -2.49. The number of ether oxygens (including phenoxy) is 1. The van der Waals surface area contributed by atoms with Crippen LogP contribution in [-0.4, -0.2) is 29.8 Å². The quantitative estimate of drug-likeness (QED) is 0.871. The minimum atomic E-state index is -0.522. The SMILES string of the molecule is CC(Oc1ccccc1)C(=O)NC1C2CCC(C2)C1CO. The van der Waals surface area contributed by atoms with Gasteiger partial charge in [-0.3, -0.25) is 4.79 Å². The highest BCUT2D eigenvalue weighted by molar-refractivity contribution is 5.81. The first-order valence-electron chi connectivity index (χ1n) is 7.82. The molecule has 5 atom stereocenters. The van der Waals surface area contributed by atoms with Gasteiger partial charge in [0.25, 0.3) is 5.91 Å². The van der Waals surface area contributed by atoms with Gasteiger partial charge in [-0.2, -0.15) is 0 Å². The molecule has 5 unspecified atom stereocenters. The summed E-state index contributed by atoms with van der Waals surface area (Å²) in [5, 5.41) is 12.7. The molecule has 1 aromatic carbocycles. The summed E-state index contributed by atoms with van der Waals surface area (Å²) in [6, 6.07) is 9.49. The molecular weight excluding hydrogens is 266 g/mol. The van der Waals surface area contributed by atoms with Gasteiger partial charge in [-0.05, 0) is 50.2 Å². The summed E-state index contributed by atoms with van der Waals surface area (Å²) in [6.07, 6.45) is 2.98. The molecular formula is C17H23NO3. The molecule has 0 aliphatic heterocycles. The second-order valence-electron chi connectivity index (χ2n) is 6.29. The fourth-order valence-electron chi connectivity index (χ4n) is 3.94. The summed E-state index contributed by atoms with van der Waals surface area (Å²) in [5.41, 5.74) is 0. The Hall–Kier alpha value is -1.55. The third-order valence-electron chi connectivity index (χ3n) is 5.03. The maximum atomic E-state index is 12.3. The average Bonchev–Trinajstić information content (AvgIpc) is 3.09. The van der Waals surface area contributed by atoms with Crippen molar-refractivity contribution in [2.45, 2.75) is 38.3 Å². The summed E-state index contributed by atoms with van der Waals surface area (Å²) >= 11 is 0. The number of rotatable bonds is 5. The number of aliphatic hydroxyl groups excluding tert-OH is 1. The van der Waals surface area contributed by atoms with E-state index in [1.54, 1.807) is 6.92 Å². The van der Waals surface area contributed by atoms with Crippen LogP contribution in [0.4, 0.5) is 0 Å². The summed E-state index contributed by atoms with van der Waals surface area (Å²) in [7, 11) is 0. The van der Waals surface area contributed by atoms with Gasteiger partial charge in [0.2, 0.25) is 0 Å². The van der Waals surface area contributed by atoms with Crippen molar-refractivity contribution < 1.29 is 14.6 Å². The van der Waals surface area contributed by atoms with E-state index in [2.05, 4.69) is 5.32 Å². The van der Waals surface area contributed by atoms with E-state index in [1.165, 1.54) is 12.8 Å². The summed E-state index contributed by atoms with van der Waals surface area (Å²) < 4.78 is 5.66. The molecule has 0 heterocycles. The Kier molecular flexibility index (Phi) is 4.15. The van der Waals surface area contributed by atoms with Gasteiger partial charge in [0.05, 0.1) is 0 Å². The maximum Gasteiger partial charge on any atom is 0.261 e. The average molecular weight is 289 g/mol. The molecule has 0 aromatic heterocycles. The zero-order chi connectivity index (χ0) is 14.8. The van der Waals surface area contributed by atoms with Crippen molar-refractivity contribution in [1.82, 2.24) is 5.32 Å². The largest absolute Gasteiger partial charge is 0.481 e. The molecule has 0 radical (unpaired) electrons. The van der Waals surface area contributed by atoms with Crippen molar-refractivity contribution in [2.75, 3.05) is 6.61 Å². The van der Waals surface area contributed by atoms with Gasteiger partial charge in [-0.25, -0.2) is 0 Å². The number of hydrogen-bond acceptors (Lipinski definition) is 3. The summed E-state index contributed by atoms with van der Waals surface area (Å²) in [6.45, 7) is 1.93. The fourth-order valence-corrected chi connectivity index (χ4v) is 3.94. The Labute approximate surface area is 125 Å². The maximum absolute atomic E-state index is 12.3. The number of carbonyl (C=O) groups is 1. The number of aliphatic hydroxyl groups is 1. The van der Waals surface area contributed by atoms with Crippen LogP contribution in [0.15, 0.2) is 30.3 Å². The molecule has 21 heavy (non-hydrogen) atoms. The van der Waals surface area contributed by atoms with Crippen LogP contribution in [0.5, 0.6) is 5.75 Å². The van der Waals surface area contributed by atoms with Crippen LogP contribution < -0.4 is 10.1 Å². The molecule has 0 saturated heterocycles. The smallest absolute Gasteiger partial charge is 0.261 e. The minimum absolute atomic E-state index is 0.0881. The van der Waals surface area contributed by atoms with Gasteiger partial charge in [-0.15, -0.1) is 0 Å². The first-order chi connectivity index (χ1) is 10.2. The zero-order valence-electron chi connectivity index (χ0n) is 12.4. The standard InChI is InChI=1S/C17H23NO3/c1-11(21-14-5-3-2-4-6-14)17(20)18-16-13-8-7-12(9-13)15(16)10-19/h2-6,11-13,15-16,19H,7-10H2,1H3,(H,18,20). The van der Waals surface area contributed by atoms with E-state index >= 15 is 0 Å². The first-order valence-corrected chi connectivity index (χ1v) is 7.82. The fraction of sp³-hybridized carbons (Fsp3) is 0.588. The second-order valence-corrected chi connectivity index (χ2v) is 6.29. The number of hydrogen-bond donors (Lipinski definition) is 2. The number of benzene rings is 1. The lowest BCUT2D eigenvalue weighted by Gasteiger charge is -2.31. The van der Waals surface area contributed by atoms with E-state index in [9.17, 15) is 9.90 Å². The predicted molar refractivity (Wildman–Crippen MR) is 79.9 cm³/mol. The van der Waals surface area contributed by atoms with Crippen LogP contribution in [0.25, 0.3) is 0 Å². The van der Waals surface area contributed by atoms with Crippen LogP contribution >= 0.6 is 0 Å². The molecule has 4 heteroatoms. The molecule has 1 aromatic rings. The molecule has 2 aliphatic rings. The molecule has 2 fully saturated rings. The molecule has 0 spiro atoms. The molecule has 2 aliphatic carbocycles. The Morgan fingerprint density at radius 1 is 1.33 bits per heavy atom. The van der Waals surface area contributed by atoms with Crippen LogP contribution in [0.3, 0.4) is 0 Å². The lowest BCUT2D eigenvalue weighted by atomic mass is 9.85. The summed E-state index contributed by atoms with van der Waals surface area (Å²) in [5.74, 6) is 1.94. The number of fused-ring (bicyclic) bond motifs is 2. The zero-order valence-corrected chi connectivity index (χ0v) is 12.4. The van der Waals surface area contributed by atoms with Crippen molar-refractivity contribution in [1.29, 1.82) is 0 Å². The Morgan fingerprint density at radius 3 is 2.76 bits per heavy atom. The van der Waals surface area contributed by atoms with Gasteiger partial charge in [-0.1, -0.05) is 18.2 Å². The normalized spacial score (nSPS) is 31.9. The molecule has 114 valence electrons. The Balaban J connectivity index is 1.58. The predicted octanol–water partition coefficient (Wildman–Crippen LogP) is 1.98.